The van der Waals surface area contributed by atoms with E-state index in [1.54, 1.807) is 0 Å². The Morgan fingerprint density at radius 2 is 0.926 bits per heavy atom. The van der Waals surface area contributed by atoms with Crippen LogP contribution >= 0.6 is 0 Å². The van der Waals surface area contributed by atoms with Crippen molar-refractivity contribution in [3.05, 3.63) is 0 Å². The molecule has 5 nitrogen and oxygen atoms in total. The fraction of sp³-hybridized carbons (Fsp3) is 1.00. The van der Waals surface area contributed by atoms with E-state index in [0.717, 1.165) is 71.4 Å². The molecular formula is C21H49N3O2Si. The Morgan fingerprint density at radius 3 is 1.15 bits per heavy atom. The molecule has 0 saturated heterocycles. The van der Waals surface area contributed by atoms with Gasteiger partial charge in [-0.1, -0.05) is 41.5 Å². The van der Waals surface area contributed by atoms with Crippen molar-refractivity contribution in [2.24, 2.45) is 5.41 Å². The minimum Gasteiger partial charge on any atom is -0.398 e. The van der Waals surface area contributed by atoms with Crippen LogP contribution in [0.25, 0.3) is 0 Å². The summed E-state index contributed by atoms with van der Waals surface area (Å²) >= 11 is 0. The normalized spacial score (nSPS) is 13.3. The van der Waals surface area contributed by atoms with Crippen LogP contribution < -0.4 is 0 Å². The van der Waals surface area contributed by atoms with Crippen molar-refractivity contribution in [1.82, 2.24) is 14.7 Å². The van der Waals surface area contributed by atoms with Crippen LogP contribution in [0.2, 0.25) is 12.6 Å². The SMILES string of the molecule is CCN(CC)CC(CC[Si](C)(OC)OC)(CN(CC)CC)CN(CC)CC. The van der Waals surface area contributed by atoms with E-state index < -0.39 is 8.56 Å². The first-order valence-corrected chi connectivity index (χ1v) is 13.6. The van der Waals surface area contributed by atoms with Crippen LogP contribution in [0, 0.1) is 5.41 Å². The average molecular weight is 404 g/mol. The Morgan fingerprint density at radius 1 is 0.630 bits per heavy atom. The molecule has 27 heavy (non-hydrogen) atoms. The third kappa shape index (κ3) is 9.37. The summed E-state index contributed by atoms with van der Waals surface area (Å²) in [6.45, 7) is 26.0. The van der Waals surface area contributed by atoms with Gasteiger partial charge in [0, 0.05) is 39.3 Å². The van der Waals surface area contributed by atoms with Crippen molar-refractivity contribution >= 4 is 8.56 Å². The Balaban J connectivity index is 5.77. The summed E-state index contributed by atoms with van der Waals surface area (Å²) in [5.41, 5.74) is 0.232. The molecule has 0 aliphatic carbocycles. The van der Waals surface area contributed by atoms with Gasteiger partial charge in [-0.15, -0.1) is 0 Å². The summed E-state index contributed by atoms with van der Waals surface area (Å²) in [6.07, 6.45) is 1.15. The van der Waals surface area contributed by atoms with E-state index in [0.29, 0.717) is 0 Å². The van der Waals surface area contributed by atoms with E-state index in [1.165, 1.54) is 0 Å². The van der Waals surface area contributed by atoms with Crippen molar-refractivity contribution in [3.8, 4) is 0 Å². The molecule has 0 unspecified atom stereocenters. The molecule has 0 aliphatic heterocycles. The first kappa shape index (κ1) is 27.0. The lowest BCUT2D eigenvalue weighted by molar-refractivity contribution is 0.0565. The first-order valence-electron chi connectivity index (χ1n) is 11.1. The van der Waals surface area contributed by atoms with Crippen molar-refractivity contribution in [1.29, 1.82) is 0 Å². The molecule has 0 aromatic heterocycles. The lowest BCUT2D eigenvalue weighted by Gasteiger charge is -2.45. The predicted octanol–water partition coefficient (Wildman–Crippen LogP) is 3.75. The highest BCUT2D eigenvalue weighted by molar-refractivity contribution is 6.65. The number of hydrogen-bond donors (Lipinski definition) is 0. The van der Waals surface area contributed by atoms with E-state index in [1.807, 2.05) is 14.2 Å². The van der Waals surface area contributed by atoms with Gasteiger partial charge in [0.05, 0.1) is 0 Å². The zero-order valence-electron chi connectivity index (χ0n) is 19.9. The molecule has 0 N–H and O–H groups in total. The number of rotatable bonds is 17. The summed E-state index contributed by atoms with van der Waals surface area (Å²) in [5, 5.41) is 0. The quantitative estimate of drug-likeness (QED) is 0.345. The van der Waals surface area contributed by atoms with Gasteiger partial charge in [0.1, 0.15) is 0 Å². The molecule has 0 spiro atoms. The maximum atomic E-state index is 5.83. The van der Waals surface area contributed by atoms with Gasteiger partial charge in [0.15, 0.2) is 0 Å². The van der Waals surface area contributed by atoms with Gasteiger partial charge in [-0.3, -0.25) is 0 Å². The average Bonchev–Trinajstić information content (AvgIpc) is 2.72. The van der Waals surface area contributed by atoms with E-state index >= 15 is 0 Å². The second-order valence-corrected chi connectivity index (χ2v) is 11.5. The van der Waals surface area contributed by atoms with Crippen molar-refractivity contribution in [2.75, 3.05) is 73.1 Å². The van der Waals surface area contributed by atoms with Crippen molar-refractivity contribution in [3.63, 3.8) is 0 Å². The number of hydrogen-bond acceptors (Lipinski definition) is 5. The molecule has 0 radical (unpaired) electrons. The highest BCUT2D eigenvalue weighted by Gasteiger charge is 2.39. The topological polar surface area (TPSA) is 28.2 Å². The molecule has 0 heterocycles. The summed E-state index contributed by atoms with van der Waals surface area (Å²) < 4.78 is 11.7. The lowest BCUT2D eigenvalue weighted by atomic mass is 9.82. The molecule has 0 amide bonds. The molecule has 0 bridgehead atoms. The molecule has 6 heteroatoms. The summed E-state index contributed by atoms with van der Waals surface area (Å²) in [4.78, 5) is 7.81. The van der Waals surface area contributed by atoms with Crippen LogP contribution in [0.1, 0.15) is 48.0 Å². The highest BCUT2D eigenvalue weighted by atomic mass is 28.4. The standard InChI is InChI=1S/C21H49N3O2Si/c1-10-22(11-2)18-21(19-23(12-3)13-4,20-24(14-5)15-6)16-17-27(9,25-7)26-8/h10-20H2,1-9H3. The third-order valence-corrected chi connectivity index (χ3v) is 9.22. The molecule has 0 atom stereocenters. The zero-order valence-corrected chi connectivity index (χ0v) is 20.9. The molecule has 0 fully saturated rings. The molecule has 0 saturated carbocycles. The van der Waals surface area contributed by atoms with Crippen LogP contribution in [-0.2, 0) is 8.85 Å². The maximum absolute atomic E-state index is 5.83. The first-order chi connectivity index (χ1) is 12.8. The van der Waals surface area contributed by atoms with Crippen molar-refractivity contribution in [2.45, 2.75) is 60.6 Å². The van der Waals surface area contributed by atoms with Crippen LogP contribution in [-0.4, -0.2) is 96.4 Å². The second kappa shape index (κ2) is 14.1. The van der Waals surface area contributed by atoms with Gasteiger partial charge >= 0.3 is 8.56 Å². The minimum absolute atomic E-state index is 0.232. The zero-order chi connectivity index (χ0) is 20.9. The summed E-state index contributed by atoms with van der Waals surface area (Å²) in [7, 11) is 1.56. The Hall–Kier alpha value is 0.0169. The van der Waals surface area contributed by atoms with Crippen LogP contribution in [0.15, 0.2) is 0 Å². The summed E-state index contributed by atoms with van der Waals surface area (Å²) in [5.74, 6) is 0. The smallest absolute Gasteiger partial charge is 0.334 e. The molecule has 0 aromatic rings. The predicted molar refractivity (Wildman–Crippen MR) is 121 cm³/mol. The fourth-order valence-corrected chi connectivity index (χ4v) is 5.49. The second-order valence-electron chi connectivity index (χ2n) is 7.93. The highest BCUT2D eigenvalue weighted by Crippen LogP contribution is 2.32. The molecule has 0 aliphatic rings. The van der Waals surface area contributed by atoms with E-state index in [2.05, 4.69) is 62.8 Å². The van der Waals surface area contributed by atoms with Crippen LogP contribution in [0.5, 0.6) is 0 Å². The van der Waals surface area contributed by atoms with E-state index in [4.69, 9.17) is 8.85 Å². The Kier molecular flexibility index (Phi) is 14.1. The Labute approximate surface area is 171 Å². The van der Waals surface area contributed by atoms with Gasteiger partial charge in [-0.05, 0) is 58.3 Å². The van der Waals surface area contributed by atoms with Crippen LogP contribution in [0.3, 0.4) is 0 Å². The van der Waals surface area contributed by atoms with Gasteiger partial charge in [0.25, 0.3) is 0 Å². The van der Waals surface area contributed by atoms with Gasteiger partial charge < -0.3 is 23.6 Å². The minimum atomic E-state index is -2.08. The van der Waals surface area contributed by atoms with Crippen LogP contribution in [0.4, 0.5) is 0 Å². The third-order valence-electron chi connectivity index (χ3n) is 6.33. The van der Waals surface area contributed by atoms with Gasteiger partial charge in [-0.25, -0.2) is 0 Å². The van der Waals surface area contributed by atoms with Crippen molar-refractivity contribution < 1.29 is 8.85 Å². The maximum Gasteiger partial charge on any atom is 0.334 e. The number of nitrogens with zero attached hydrogens (tertiary/aromatic N) is 3. The monoisotopic (exact) mass is 403 g/mol. The molecule has 0 rings (SSSR count). The van der Waals surface area contributed by atoms with E-state index in [-0.39, 0.29) is 5.41 Å². The van der Waals surface area contributed by atoms with E-state index in [9.17, 15) is 0 Å². The molecule has 0 aromatic carbocycles. The summed E-state index contributed by atoms with van der Waals surface area (Å²) in [6, 6.07) is 1.05. The largest absolute Gasteiger partial charge is 0.398 e. The van der Waals surface area contributed by atoms with Gasteiger partial charge in [0.2, 0.25) is 0 Å². The molecule has 164 valence electrons. The van der Waals surface area contributed by atoms with Gasteiger partial charge in [-0.2, -0.15) is 0 Å². The fourth-order valence-electron chi connectivity index (χ4n) is 3.93. The molecular weight excluding hydrogens is 354 g/mol. The Bertz CT molecular complexity index is 319. The lowest BCUT2D eigenvalue weighted by Crippen LogP contribution is -2.53.